The number of nitrogens with one attached hydrogen (secondary N) is 2. The van der Waals surface area contributed by atoms with Gasteiger partial charge in [-0.2, -0.15) is 5.10 Å². The number of H-pyrrole nitrogens is 1. The Morgan fingerprint density at radius 3 is 2.74 bits per heavy atom. The molecule has 3 rings (SSSR count). The monoisotopic (exact) mass is 377 g/mol. The summed E-state index contributed by atoms with van der Waals surface area (Å²) in [7, 11) is 1.64. The molecule has 1 aromatic rings. The summed E-state index contributed by atoms with van der Waals surface area (Å²) in [6.45, 7) is 6.36. The molecule has 1 aromatic heterocycles. The fourth-order valence-corrected chi connectivity index (χ4v) is 4.10. The first-order valence-electron chi connectivity index (χ1n) is 9.90. The Hall–Kier alpha value is -1.93. The summed E-state index contributed by atoms with van der Waals surface area (Å²) in [5.74, 6) is 0.201. The molecule has 1 atom stereocenters. The molecule has 8 nitrogen and oxygen atoms in total. The number of aryl methyl sites for hydroxylation is 1. The van der Waals surface area contributed by atoms with Crippen LogP contribution >= 0.6 is 0 Å². The summed E-state index contributed by atoms with van der Waals surface area (Å²) < 4.78 is 4.99. The zero-order chi connectivity index (χ0) is 19.2. The number of aromatic nitrogens is 2. The lowest BCUT2D eigenvalue weighted by atomic mass is 9.93. The minimum Gasteiger partial charge on any atom is -0.383 e. The van der Waals surface area contributed by atoms with Crippen molar-refractivity contribution < 1.29 is 14.3 Å². The number of hydrogen-bond acceptors (Lipinski definition) is 5. The summed E-state index contributed by atoms with van der Waals surface area (Å²) >= 11 is 0. The Morgan fingerprint density at radius 1 is 1.30 bits per heavy atom. The number of carbonyl (C=O) groups excluding carboxylic acids is 2. The zero-order valence-corrected chi connectivity index (χ0v) is 16.4. The van der Waals surface area contributed by atoms with Crippen LogP contribution in [0.4, 0.5) is 0 Å². The van der Waals surface area contributed by atoms with E-state index in [4.69, 9.17) is 4.74 Å². The second kappa shape index (κ2) is 9.32. The van der Waals surface area contributed by atoms with E-state index in [1.165, 1.54) is 0 Å². The second-order valence-corrected chi connectivity index (χ2v) is 7.58. The molecule has 150 valence electrons. The fraction of sp³-hybridized carbons (Fsp3) is 0.737. The van der Waals surface area contributed by atoms with E-state index in [0.29, 0.717) is 24.9 Å². The van der Waals surface area contributed by atoms with Gasteiger partial charge < -0.3 is 15.0 Å². The molecule has 0 radical (unpaired) electrons. The molecule has 2 saturated heterocycles. The number of aromatic amines is 1. The van der Waals surface area contributed by atoms with Gasteiger partial charge in [0, 0.05) is 45.0 Å². The largest absolute Gasteiger partial charge is 0.383 e. The van der Waals surface area contributed by atoms with Crippen LogP contribution in [0.1, 0.15) is 41.9 Å². The number of ether oxygens (including phenoxy) is 1. The summed E-state index contributed by atoms with van der Waals surface area (Å²) in [5.41, 5.74) is 1.40. The number of piperidine rings is 2. The van der Waals surface area contributed by atoms with E-state index >= 15 is 0 Å². The van der Waals surface area contributed by atoms with Crippen LogP contribution in [-0.2, 0) is 9.53 Å². The summed E-state index contributed by atoms with van der Waals surface area (Å²) in [6, 6.07) is 2.25. The normalized spacial score (nSPS) is 22.0. The van der Waals surface area contributed by atoms with Crippen molar-refractivity contribution >= 4 is 11.8 Å². The first-order chi connectivity index (χ1) is 13.1. The van der Waals surface area contributed by atoms with Crippen molar-refractivity contribution in [2.75, 3.05) is 46.4 Å². The minimum absolute atomic E-state index is 0.00633. The van der Waals surface area contributed by atoms with Crippen molar-refractivity contribution in [3.8, 4) is 0 Å². The highest BCUT2D eigenvalue weighted by Gasteiger charge is 2.32. The Balaban J connectivity index is 1.47. The van der Waals surface area contributed by atoms with Gasteiger partial charge in [-0.1, -0.05) is 0 Å². The maximum absolute atomic E-state index is 12.5. The SMILES string of the molecule is COCCNC(=O)[C@@H]1CCCN(C2CCN(C(=O)c3cc(C)[nH]n3)CC2)C1. The summed E-state index contributed by atoms with van der Waals surface area (Å²) in [6.07, 6.45) is 3.90. The van der Waals surface area contributed by atoms with Crippen LogP contribution < -0.4 is 5.32 Å². The van der Waals surface area contributed by atoms with E-state index in [1.54, 1.807) is 13.2 Å². The highest BCUT2D eigenvalue weighted by Crippen LogP contribution is 2.24. The zero-order valence-electron chi connectivity index (χ0n) is 16.4. The van der Waals surface area contributed by atoms with Crippen LogP contribution in [0.3, 0.4) is 0 Å². The molecule has 2 amide bonds. The Morgan fingerprint density at radius 2 is 2.07 bits per heavy atom. The number of hydrogen-bond donors (Lipinski definition) is 2. The number of methoxy groups -OCH3 is 1. The molecule has 0 spiro atoms. The van der Waals surface area contributed by atoms with E-state index in [9.17, 15) is 9.59 Å². The molecule has 3 heterocycles. The standard InChI is InChI=1S/C19H31N5O3/c1-14-12-17(22-21-14)19(26)23-9-5-16(6-10-23)24-8-3-4-15(13-24)18(25)20-7-11-27-2/h12,15-16H,3-11,13H2,1-2H3,(H,20,25)(H,21,22)/t15-/m1/s1. The molecular weight excluding hydrogens is 346 g/mol. The lowest BCUT2D eigenvalue weighted by Gasteiger charge is -2.41. The van der Waals surface area contributed by atoms with Crippen LogP contribution in [0.15, 0.2) is 6.07 Å². The molecule has 2 aliphatic rings. The van der Waals surface area contributed by atoms with Gasteiger partial charge in [0.1, 0.15) is 5.69 Å². The third-order valence-corrected chi connectivity index (χ3v) is 5.62. The van der Waals surface area contributed by atoms with Gasteiger partial charge in [0.25, 0.3) is 5.91 Å². The van der Waals surface area contributed by atoms with Crippen molar-refractivity contribution in [2.24, 2.45) is 5.92 Å². The van der Waals surface area contributed by atoms with Gasteiger partial charge in [-0.25, -0.2) is 0 Å². The van der Waals surface area contributed by atoms with E-state index in [1.807, 2.05) is 11.8 Å². The lowest BCUT2D eigenvalue weighted by Crippen LogP contribution is -2.51. The molecular formula is C19H31N5O3. The van der Waals surface area contributed by atoms with Gasteiger partial charge in [0.15, 0.2) is 0 Å². The molecule has 2 fully saturated rings. The molecule has 0 saturated carbocycles. The van der Waals surface area contributed by atoms with Crippen LogP contribution in [-0.4, -0.2) is 84.3 Å². The first kappa shape index (κ1) is 19.8. The Labute approximate surface area is 160 Å². The van der Waals surface area contributed by atoms with Crippen molar-refractivity contribution in [3.05, 3.63) is 17.5 Å². The molecule has 0 unspecified atom stereocenters. The van der Waals surface area contributed by atoms with Crippen LogP contribution in [0, 0.1) is 12.8 Å². The number of amides is 2. The van der Waals surface area contributed by atoms with Crippen molar-refractivity contribution in [2.45, 2.75) is 38.6 Å². The van der Waals surface area contributed by atoms with Crippen molar-refractivity contribution in [1.29, 1.82) is 0 Å². The summed E-state index contributed by atoms with van der Waals surface area (Å²) in [4.78, 5) is 29.2. The number of carbonyl (C=O) groups is 2. The molecule has 27 heavy (non-hydrogen) atoms. The predicted molar refractivity (Wildman–Crippen MR) is 101 cm³/mol. The van der Waals surface area contributed by atoms with E-state index in [-0.39, 0.29) is 17.7 Å². The fourth-order valence-electron chi connectivity index (χ4n) is 4.10. The maximum atomic E-state index is 12.5. The van der Waals surface area contributed by atoms with Crippen molar-refractivity contribution in [3.63, 3.8) is 0 Å². The molecule has 0 aromatic carbocycles. The third-order valence-electron chi connectivity index (χ3n) is 5.62. The maximum Gasteiger partial charge on any atom is 0.274 e. The highest BCUT2D eigenvalue weighted by atomic mass is 16.5. The topological polar surface area (TPSA) is 90.6 Å². The third kappa shape index (κ3) is 5.07. The number of likely N-dealkylation sites (tertiary alicyclic amines) is 2. The Kier molecular flexibility index (Phi) is 6.84. The minimum atomic E-state index is 0.00633. The number of rotatable bonds is 6. The molecule has 0 bridgehead atoms. The van der Waals surface area contributed by atoms with Gasteiger partial charge in [-0.15, -0.1) is 0 Å². The number of nitrogens with zero attached hydrogens (tertiary/aromatic N) is 3. The predicted octanol–water partition coefficient (Wildman–Crippen LogP) is 0.797. The second-order valence-electron chi connectivity index (χ2n) is 7.58. The molecule has 2 N–H and O–H groups in total. The lowest BCUT2D eigenvalue weighted by molar-refractivity contribution is -0.127. The van der Waals surface area contributed by atoms with Crippen LogP contribution in [0.2, 0.25) is 0 Å². The quantitative estimate of drug-likeness (QED) is 0.716. The van der Waals surface area contributed by atoms with Gasteiger partial charge in [0.05, 0.1) is 12.5 Å². The van der Waals surface area contributed by atoms with Gasteiger partial charge in [-0.3, -0.25) is 19.6 Å². The van der Waals surface area contributed by atoms with Gasteiger partial charge >= 0.3 is 0 Å². The van der Waals surface area contributed by atoms with Gasteiger partial charge in [0.2, 0.25) is 5.91 Å². The smallest absolute Gasteiger partial charge is 0.274 e. The Bertz CT molecular complexity index is 639. The van der Waals surface area contributed by atoms with E-state index in [2.05, 4.69) is 20.4 Å². The molecule has 0 aliphatic carbocycles. The van der Waals surface area contributed by atoms with E-state index in [0.717, 1.165) is 57.6 Å². The van der Waals surface area contributed by atoms with Crippen LogP contribution in [0.25, 0.3) is 0 Å². The van der Waals surface area contributed by atoms with E-state index < -0.39 is 0 Å². The average molecular weight is 377 g/mol. The first-order valence-corrected chi connectivity index (χ1v) is 9.90. The highest BCUT2D eigenvalue weighted by molar-refractivity contribution is 5.92. The molecule has 8 heteroatoms. The van der Waals surface area contributed by atoms with Crippen LogP contribution in [0.5, 0.6) is 0 Å². The average Bonchev–Trinajstić information content (AvgIpc) is 3.14. The summed E-state index contributed by atoms with van der Waals surface area (Å²) in [5, 5.41) is 9.88. The van der Waals surface area contributed by atoms with Crippen molar-refractivity contribution in [1.82, 2.24) is 25.3 Å². The van der Waals surface area contributed by atoms with Gasteiger partial charge in [-0.05, 0) is 45.2 Å². The molecule has 2 aliphatic heterocycles.